The van der Waals surface area contributed by atoms with Crippen LogP contribution < -0.4 is 4.74 Å². The van der Waals surface area contributed by atoms with Gasteiger partial charge in [0, 0.05) is 20.9 Å². The fourth-order valence-corrected chi connectivity index (χ4v) is 2.69. The Labute approximate surface area is 129 Å². The van der Waals surface area contributed by atoms with Gasteiger partial charge in [0.2, 0.25) is 0 Å². The molecule has 0 aliphatic rings. The molecule has 0 aliphatic heterocycles. The van der Waals surface area contributed by atoms with Crippen molar-refractivity contribution in [2.24, 2.45) is 0 Å². The maximum absolute atomic E-state index is 12.3. The number of ether oxygens (including phenoxy) is 1. The van der Waals surface area contributed by atoms with E-state index in [0.717, 1.165) is 14.5 Å². The van der Waals surface area contributed by atoms with Crippen molar-refractivity contribution in [3.8, 4) is 5.75 Å². The summed E-state index contributed by atoms with van der Waals surface area (Å²) >= 11 is 6.81. The summed E-state index contributed by atoms with van der Waals surface area (Å²) in [5.74, 6) is 0.740. The zero-order chi connectivity index (χ0) is 13.8. The molecule has 0 N–H and O–H groups in total. The molecule has 0 amide bonds. The van der Waals surface area contributed by atoms with Crippen LogP contribution in [0.3, 0.4) is 0 Å². The summed E-state index contributed by atoms with van der Waals surface area (Å²) < 4.78 is 6.91. The molecule has 0 atom stereocenters. The minimum Gasteiger partial charge on any atom is -0.497 e. The summed E-state index contributed by atoms with van der Waals surface area (Å²) in [4.78, 5) is 12.3. The molecular weight excluding hydrogens is 372 g/mol. The van der Waals surface area contributed by atoms with Gasteiger partial charge in [-0.1, -0.05) is 44.0 Å². The Bertz CT molecular complexity index is 609. The summed E-state index contributed by atoms with van der Waals surface area (Å²) in [7, 11) is 1.59. The molecule has 2 nitrogen and oxygen atoms in total. The van der Waals surface area contributed by atoms with Gasteiger partial charge in [0.05, 0.1) is 7.11 Å². The van der Waals surface area contributed by atoms with Crippen molar-refractivity contribution >= 4 is 37.6 Å². The van der Waals surface area contributed by atoms with E-state index in [2.05, 4.69) is 31.9 Å². The van der Waals surface area contributed by atoms with Gasteiger partial charge in [-0.05, 0) is 35.9 Å². The van der Waals surface area contributed by atoms with Crippen molar-refractivity contribution in [1.82, 2.24) is 0 Å². The van der Waals surface area contributed by atoms with E-state index < -0.39 is 0 Å². The molecule has 0 bridgehead atoms. The van der Waals surface area contributed by atoms with Gasteiger partial charge in [0.15, 0.2) is 5.78 Å². The number of hydrogen-bond acceptors (Lipinski definition) is 2. The predicted octanol–water partition coefficient (Wildman–Crippen LogP) is 4.65. The van der Waals surface area contributed by atoms with Crippen LogP contribution >= 0.6 is 31.9 Å². The van der Waals surface area contributed by atoms with Gasteiger partial charge >= 0.3 is 0 Å². The first-order chi connectivity index (χ1) is 9.10. The van der Waals surface area contributed by atoms with E-state index in [9.17, 15) is 4.79 Å². The first-order valence-corrected chi connectivity index (χ1v) is 7.30. The topological polar surface area (TPSA) is 26.3 Å². The monoisotopic (exact) mass is 382 g/mol. The Morgan fingerprint density at radius 1 is 1.16 bits per heavy atom. The summed E-state index contributed by atoms with van der Waals surface area (Å²) in [5, 5.41) is 0. The van der Waals surface area contributed by atoms with Crippen LogP contribution in [0.4, 0.5) is 0 Å². The van der Waals surface area contributed by atoms with E-state index in [-0.39, 0.29) is 5.78 Å². The molecule has 2 rings (SSSR count). The van der Waals surface area contributed by atoms with Gasteiger partial charge in [-0.15, -0.1) is 0 Å². The third-order valence-corrected chi connectivity index (χ3v) is 3.91. The fourth-order valence-electron chi connectivity index (χ4n) is 1.77. The highest BCUT2D eigenvalue weighted by Gasteiger charge is 2.12. The quantitative estimate of drug-likeness (QED) is 0.718. The second kappa shape index (κ2) is 6.35. The van der Waals surface area contributed by atoms with Gasteiger partial charge in [0.25, 0.3) is 0 Å². The normalized spacial score (nSPS) is 10.3. The van der Waals surface area contributed by atoms with E-state index in [1.165, 1.54) is 0 Å². The first-order valence-electron chi connectivity index (χ1n) is 5.71. The zero-order valence-corrected chi connectivity index (χ0v) is 13.5. The minimum absolute atomic E-state index is 0.0591. The molecule has 0 unspecified atom stereocenters. The molecule has 2 aromatic carbocycles. The molecule has 19 heavy (non-hydrogen) atoms. The van der Waals surface area contributed by atoms with Crippen LogP contribution in [0.25, 0.3) is 0 Å². The summed E-state index contributed by atoms with van der Waals surface area (Å²) in [5.41, 5.74) is 1.62. The largest absolute Gasteiger partial charge is 0.497 e. The van der Waals surface area contributed by atoms with Crippen LogP contribution in [-0.4, -0.2) is 12.9 Å². The van der Waals surface area contributed by atoms with Gasteiger partial charge < -0.3 is 4.74 Å². The highest BCUT2D eigenvalue weighted by atomic mass is 79.9. The number of benzene rings is 2. The molecule has 0 fully saturated rings. The minimum atomic E-state index is 0.0591. The van der Waals surface area contributed by atoms with Crippen LogP contribution in [0, 0.1) is 0 Å². The molecule has 0 saturated heterocycles. The number of ketones is 1. The third-order valence-electron chi connectivity index (χ3n) is 2.73. The number of carbonyl (C=O) groups excluding carboxylic acids is 1. The molecule has 0 spiro atoms. The van der Waals surface area contributed by atoms with Crippen molar-refractivity contribution in [3.63, 3.8) is 0 Å². The Balaban J connectivity index is 2.25. The maximum atomic E-state index is 12.3. The van der Waals surface area contributed by atoms with E-state index >= 15 is 0 Å². The first kappa shape index (κ1) is 14.3. The lowest BCUT2D eigenvalue weighted by molar-refractivity contribution is 0.0992. The van der Waals surface area contributed by atoms with E-state index in [4.69, 9.17) is 4.74 Å². The number of Topliss-reactive ketones (excluding diaryl/α,β-unsaturated/α-hetero) is 1. The highest BCUT2D eigenvalue weighted by Crippen LogP contribution is 2.24. The Morgan fingerprint density at radius 3 is 2.63 bits per heavy atom. The number of carbonyl (C=O) groups is 1. The zero-order valence-electron chi connectivity index (χ0n) is 10.3. The third kappa shape index (κ3) is 3.67. The van der Waals surface area contributed by atoms with Crippen molar-refractivity contribution < 1.29 is 9.53 Å². The molecule has 0 aliphatic carbocycles. The standard InChI is InChI=1S/C15H12Br2O2/c1-19-12-5-6-14(17)13(9-12)15(18)8-10-3-2-4-11(16)7-10/h2-7,9H,8H2,1H3. The molecule has 4 heteroatoms. The lowest BCUT2D eigenvalue weighted by atomic mass is 10.0. The van der Waals surface area contributed by atoms with E-state index in [1.54, 1.807) is 13.2 Å². The van der Waals surface area contributed by atoms with E-state index in [1.807, 2.05) is 36.4 Å². The molecule has 0 heterocycles. The number of methoxy groups -OCH3 is 1. The van der Waals surface area contributed by atoms with Crippen LogP contribution in [0.5, 0.6) is 5.75 Å². The number of rotatable bonds is 4. The summed E-state index contributed by atoms with van der Waals surface area (Å²) in [6.45, 7) is 0. The number of hydrogen-bond donors (Lipinski definition) is 0. The molecular formula is C15H12Br2O2. The molecule has 0 saturated carbocycles. The Morgan fingerprint density at radius 2 is 1.95 bits per heavy atom. The Hall–Kier alpha value is -1.13. The predicted molar refractivity (Wildman–Crippen MR) is 82.9 cm³/mol. The smallest absolute Gasteiger partial charge is 0.168 e. The summed E-state index contributed by atoms with van der Waals surface area (Å²) in [6.07, 6.45) is 0.366. The second-order valence-corrected chi connectivity index (χ2v) is 5.85. The van der Waals surface area contributed by atoms with Crippen molar-refractivity contribution in [3.05, 3.63) is 62.5 Å². The van der Waals surface area contributed by atoms with Crippen molar-refractivity contribution in [2.75, 3.05) is 7.11 Å². The Kier molecular flexibility index (Phi) is 4.77. The molecule has 0 radical (unpaired) electrons. The second-order valence-electron chi connectivity index (χ2n) is 4.08. The lowest BCUT2D eigenvalue weighted by Crippen LogP contribution is -2.05. The SMILES string of the molecule is COc1ccc(Br)c(C(=O)Cc2cccc(Br)c2)c1. The molecule has 2 aromatic rings. The maximum Gasteiger partial charge on any atom is 0.168 e. The molecule has 98 valence electrons. The summed E-state index contributed by atoms with van der Waals surface area (Å²) in [6, 6.07) is 13.2. The van der Waals surface area contributed by atoms with E-state index in [0.29, 0.717) is 17.7 Å². The lowest BCUT2D eigenvalue weighted by Gasteiger charge is -2.07. The van der Waals surface area contributed by atoms with Gasteiger partial charge in [-0.2, -0.15) is 0 Å². The van der Waals surface area contributed by atoms with Crippen molar-refractivity contribution in [2.45, 2.75) is 6.42 Å². The number of halogens is 2. The molecule has 0 aromatic heterocycles. The average molecular weight is 384 g/mol. The van der Waals surface area contributed by atoms with Crippen LogP contribution in [0.2, 0.25) is 0 Å². The van der Waals surface area contributed by atoms with Gasteiger partial charge in [0.1, 0.15) is 5.75 Å². The van der Waals surface area contributed by atoms with Crippen LogP contribution in [0.15, 0.2) is 51.4 Å². The fraction of sp³-hybridized carbons (Fsp3) is 0.133. The van der Waals surface area contributed by atoms with Gasteiger partial charge in [-0.25, -0.2) is 0 Å². The van der Waals surface area contributed by atoms with Crippen molar-refractivity contribution in [1.29, 1.82) is 0 Å². The van der Waals surface area contributed by atoms with Crippen LogP contribution in [0.1, 0.15) is 15.9 Å². The highest BCUT2D eigenvalue weighted by molar-refractivity contribution is 9.10. The van der Waals surface area contributed by atoms with Crippen LogP contribution in [-0.2, 0) is 6.42 Å². The van der Waals surface area contributed by atoms with Gasteiger partial charge in [-0.3, -0.25) is 4.79 Å². The average Bonchev–Trinajstić information content (AvgIpc) is 2.39.